The van der Waals surface area contributed by atoms with Crippen LogP contribution in [0, 0.1) is 0 Å². The molecule has 0 atom stereocenters. The van der Waals surface area contributed by atoms with Crippen LogP contribution < -0.4 is 0 Å². The average molecular weight is 354 g/mol. The van der Waals surface area contributed by atoms with E-state index in [0.29, 0.717) is 39.0 Å². The average Bonchev–Trinajstić information content (AvgIpc) is 2.70. The van der Waals surface area contributed by atoms with Gasteiger partial charge in [-0.1, -0.05) is 0 Å². The van der Waals surface area contributed by atoms with Gasteiger partial charge in [0.1, 0.15) is 0 Å². The lowest BCUT2D eigenvalue weighted by molar-refractivity contribution is -0.151. The molecular formula is C20H26N4O2. The third-order valence-corrected chi connectivity index (χ3v) is 4.36. The molecule has 0 saturated heterocycles. The fourth-order valence-corrected chi connectivity index (χ4v) is 2.70. The van der Waals surface area contributed by atoms with Crippen LogP contribution in [0.5, 0.6) is 0 Å². The SMILES string of the molecule is CCN(CCc1ccncc1)C(=O)C(=O)N(CC)CCc1ccncc1. The van der Waals surface area contributed by atoms with Crippen LogP contribution in [0.1, 0.15) is 25.0 Å². The normalized spacial score (nSPS) is 10.4. The van der Waals surface area contributed by atoms with Crippen molar-refractivity contribution < 1.29 is 9.59 Å². The molecule has 6 nitrogen and oxygen atoms in total. The monoisotopic (exact) mass is 354 g/mol. The molecule has 0 saturated carbocycles. The first kappa shape index (κ1) is 19.6. The summed E-state index contributed by atoms with van der Waals surface area (Å²) in [5, 5.41) is 0. The Labute approximate surface area is 154 Å². The molecule has 0 fully saturated rings. The lowest BCUT2D eigenvalue weighted by Gasteiger charge is -2.25. The molecule has 0 radical (unpaired) electrons. The van der Waals surface area contributed by atoms with Crippen LogP contribution >= 0.6 is 0 Å². The maximum atomic E-state index is 12.6. The summed E-state index contributed by atoms with van der Waals surface area (Å²) in [6.07, 6.45) is 8.34. The molecule has 138 valence electrons. The molecule has 6 heteroatoms. The number of likely N-dealkylation sites (N-methyl/N-ethyl adjacent to an activating group) is 2. The summed E-state index contributed by atoms with van der Waals surface area (Å²) in [5.41, 5.74) is 2.20. The second-order valence-electron chi connectivity index (χ2n) is 5.98. The number of rotatable bonds is 8. The van der Waals surface area contributed by atoms with E-state index in [1.165, 1.54) is 0 Å². The Morgan fingerprint density at radius 3 is 1.38 bits per heavy atom. The molecule has 0 N–H and O–H groups in total. The van der Waals surface area contributed by atoms with Gasteiger partial charge in [-0.15, -0.1) is 0 Å². The number of hydrogen-bond donors (Lipinski definition) is 0. The molecule has 0 aliphatic carbocycles. The van der Waals surface area contributed by atoms with Crippen LogP contribution in [0.3, 0.4) is 0 Å². The fraction of sp³-hybridized carbons (Fsp3) is 0.400. The van der Waals surface area contributed by atoms with E-state index in [1.54, 1.807) is 34.6 Å². The number of carbonyl (C=O) groups excluding carboxylic acids is 2. The van der Waals surface area contributed by atoms with Crippen LogP contribution in [0.2, 0.25) is 0 Å². The highest BCUT2D eigenvalue weighted by Gasteiger charge is 2.25. The highest BCUT2D eigenvalue weighted by molar-refractivity contribution is 6.34. The van der Waals surface area contributed by atoms with Crippen molar-refractivity contribution in [3.05, 3.63) is 60.2 Å². The molecule has 0 aliphatic heterocycles. The van der Waals surface area contributed by atoms with E-state index >= 15 is 0 Å². The quantitative estimate of drug-likeness (QED) is 0.680. The zero-order valence-electron chi connectivity index (χ0n) is 15.5. The van der Waals surface area contributed by atoms with Gasteiger partial charge in [-0.3, -0.25) is 19.6 Å². The van der Waals surface area contributed by atoms with E-state index < -0.39 is 11.8 Å². The van der Waals surface area contributed by atoms with Gasteiger partial charge in [-0.2, -0.15) is 0 Å². The Morgan fingerprint density at radius 1 is 0.731 bits per heavy atom. The van der Waals surface area contributed by atoms with E-state index in [-0.39, 0.29) is 0 Å². The highest BCUT2D eigenvalue weighted by atomic mass is 16.2. The fourth-order valence-electron chi connectivity index (χ4n) is 2.70. The van der Waals surface area contributed by atoms with Gasteiger partial charge >= 0.3 is 11.8 Å². The molecule has 0 spiro atoms. The smallest absolute Gasteiger partial charge is 0.312 e. The molecule has 2 rings (SSSR count). The van der Waals surface area contributed by atoms with Crippen molar-refractivity contribution in [1.82, 2.24) is 19.8 Å². The number of aromatic nitrogens is 2. The third kappa shape index (κ3) is 5.65. The number of carbonyl (C=O) groups is 2. The first-order valence-electron chi connectivity index (χ1n) is 9.01. The largest absolute Gasteiger partial charge is 0.334 e. The zero-order valence-corrected chi connectivity index (χ0v) is 15.5. The Kier molecular flexibility index (Phi) is 7.74. The lowest BCUT2D eigenvalue weighted by atomic mass is 10.2. The minimum Gasteiger partial charge on any atom is -0.334 e. The second-order valence-corrected chi connectivity index (χ2v) is 5.98. The first-order valence-corrected chi connectivity index (χ1v) is 9.01. The Bertz CT molecular complexity index is 630. The Hall–Kier alpha value is -2.76. The first-order chi connectivity index (χ1) is 12.7. The lowest BCUT2D eigenvalue weighted by Crippen LogP contribution is -2.46. The van der Waals surface area contributed by atoms with Crippen LogP contribution in [-0.2, 0) is 22.4 Å². The van der Waals surface area contributed by atoms with Gasteiger partial charge in [0.05, 0.1) is 0 Å². The van der Waals surface area contributed by atoms with Gasteiger partial charge in [0, 0.05) is 51.0 Å². The van der Waals surface area contributed by atoms with Gasteiger partial charge in [0.2, 0.25) is 0 Å². The summed E-state index contributed by atoms with van der Waals surface area (Å²) in [5.74, 6) is -0.865. The van der Waals surface area contributed by atoms with Crippen LogP contribution in [-0.4, -0.2) is 57.8 Å². The summed E-state index contributed by atoms with van der Waals surface area (Å²) in [4.78, 5) is 36.4. The van der Waals surface area contributed by atoms with E-state index in [1.807, 2.05) is 38.1 Å². The molecule has 0 unspecified atom stereocenters. The van der Waals surface area contributed by atoms with E-state index in [2.05, 4.69) is 9.97 Å². The number of nitrogens with zero attached hydrogens (tertiary/aromatic N) is 4. The van der Waals surface area contributed by atoms with Crippen molar-refractivity contribution in [1.29, 1.82) is 0 Å². The van der Waals surface area contributed by atoms with Gasteiger partial charge in [0.15, 0.2) is 0 Å². The minimum atomic E-state index is -0.432. The van der Waals surface area contributed by atoms with Crippen LogP contribution in [0.15, 0.2) is 49.1 Å². The van der Waals surface area contributed by atoms with E-state index in [9.17, 15) is 9.59 Å². The standard InChI is InChI=1S/C20H26N4O2/c1-3-23(15-9-17-5-11-21-12-6-17)19(25)20(26)24(4-2)16-10-18-7-13-22-14-8-18/h5-8,11-14H,3-4,9-10,15-16H2,1-2H3. The van der Waals surface area contributed by atoms with E-state index in [0.717, 1.165) is 11.1 Å². The summed E-state index contributed by atoms with van der Waals surface area (Å²) < 4.78 is 0. The predicted molar refractivity (Wildman–Crippen MR) is 100 cm³/mol. The molecule has 2 heterocycles. The summed E-state index contributed by atoms with van der Waals surface area (Å²) in [6.45, 7) is 5.85. The second kappa shape index (κ2) is 10.3. The summed E-state index contributed by atoms with van der Waals surface area (Å²) >= 11 is 0. The van der Waals surface area contributed by atoms with Crippen LogP contribution in [0.4, 0.5) is 0 Å². The van der Waals surface area contributed by atoms with E-state index in [4.69, 9.17) is 0 Å². The summed E-state index contributed by atoms with van der Waals surface area (Å²) in [7, 11) is 0. The molecule has 26 heavy (non-hydrogen) atoms. The molecule has 2 aromatic rings. The van der Waals surface area contributed by atoms with Crippen LogP contribution in [0.25, 0.3) is 0 Å². The zero-order chi connectivity index (χ0) is 18.8. The summed E-state index contributed by atoms with van der Waals surface area (Å²) in [6, 6.07) is 7.70. The number of hydrogen-bond acceptors (Lipinski definition) is 4. The Morgan fingerprint density at radius 2 is 1.08 bits per heavy atom. The number of amides is 2. The Balaban J connectivity index is 1.92. The van der Waals surface area contributed by atoms with Crippen molar-refractivity contribution in [3.8, 4) is 0 Å². The number of pyridine rings is 2. The topological polar surface area (TPSA) is 66.4 Å². The highest BCUT2D eigenvalue weighted by Crippen LogP contribution is 2.05. The molecule has 0 aliphatic rings. The van der Waals surface area contributed by atoms with Gasteiger partial charge in [-0.25, -0.2) is 0 Å². The maximum absolute atomic E-state index is 12.6. The van der Waals surface area contributed by atoms with Crippen molar-refractivity contribution in [2.75, 3.05) is 26.2 Å². The van der Waals surface area contributed by atoms with Gasteiger partial charge in [-0.05, 0) is 62.1 Å². The minimum absolute atomic E-state index is 0.432. The third-order valence-electron chi connectivity index (χ3n) is 4.36. The molecule has 2 aromatic heterocycles. The van der Waals surface area contributed by atoms with Gasteiger partial charge < -0.3 is 9.80 Å². The molecule has 0 aromatic carbocycles. The van der Waals surface area contributed by atoms with Gasteiger partial charge in [0.25, 0.3) is 0 Å². The van der Waals surface area contributed by atoms with Crippen molar-refractivity contribution >= 4 is 11.8 Å². The molecular weight excluding hydrogens is 328 g/mol. The predicted octanol–water partition coefficient (Wildman–Crippen LogP) is 1.96. The maximum Gasteiger partial charge on any atom is 0.312 e. The van der Waals surface area contributed by atoms with Crippen molar-refractivity contribution in [2.24, 2.45) is 0 Å². The van der Waals surface area contributed by atoms with Crippen molar-refractivity contribution in [3.63, 3.8) is 0 Å². The van der Waals surface area contributed by atoms with Crippen molar-refractivity contribution in [2.45, 2.75) is 26.7 Å². The molecule has 2 amide bonds. The molecule has 0 bridgehead atoms.